The van der Waals surface area contributed by atoms with Crippen molar-refractivity contribution in [2.75, 3.05) is 13.2 Å². The zero-order valence-corrected chi connectivity index (χ0v) is 12.9. The lowest BCUT2D eigenvalue weighted by Crippen LogP contribution is -2.30. The summed E-state index contributed by atoms with van der Waals surface area (Å²) in [7, 11) is -3.46. The first kappa shape index (κ1) is 15.4. The second-order valence-corrected chi connectivity index (χ2v) is 7.62. The molecule has 112 valence electrons. The molecule has 0 aliphatic carbocycles. The van der Waals surface area contributed by atoms with Crippen LogP contribution in [0.2, 0.25) is 5.02 Å². The summed E-state index contributed by atoms with van der Waals surface area (Å²) < 4.78 is 35.1. The summed E-state index contributed by atoms with van der Waals surface area (Å²) in [6.07, 6.45) is -0.923. The lowest BCUT2D eigenvalue weighted by molar-refractivity contribution is 0.171. The van der Waals surface area contributed by atoms with Crippen molar-refractivity contribution in [3.05, 3.63) is 22.7 Å². The van der Waals surface area contributed by atoms with Crippen molar-refractivity contribution in [1.82, 2.24) is 0 Å². The van der Waals surface area contributed by atoms with Gasteiger partial charge in [0.1, 0.15) is 13.2 Å². The number of aliphatic hydroxyl groups is 1. The molecule has 1 aliphatic heterocycles. The van der Waals surface area contributed by atoms with E-state index in [-0.39, 0.29) is 5.75 Å². The Morgan fingerprint density at radius 3 is 2.60 bits per heavy atom. The quantitative estimate of drug-likeness (QED) is 0.915. The highest BCUT2D eigenvalue weighted by atomic mass is 35.5. The molecule has 1 heterocycles. The van der Waals surface area contributed by atoms with Gasteiger partial charge in [0, 0.05) is 0 Å². The van der Waals surface area contributed by atoms with E-state index in [2.05, 4.69) is 0 Å². The first-order valence-corrected chi connectivity index (χ1v) is 8.38. The van der Waals surface area contributed by atoms with Gasteiger partial charge in [-0.15, -0.1) is 0 Å². The maximum absolute atomic E-state index is 12.1. The highest BCUT2D eigenvalue weighted by molar-refractivity contribution is 7.91. The van der Waals surface area contributed by atoms with E-state index < -0.39 is 21.2 Å². The van der Waals surface area contributed by atoms with Crippen molar-refractivity contribution in [3.63, 3.8) is 0 Å². The zero-order chi connectivity index (χ0) is 14.9. The summed E-state index contributed by atoms with van der Waals surface area (Å²) in [6, 6.07) is 3.17. The fourth-order valence-electron chi connectivity index (χ4n) is 1.91. The van der Waals surface area contributed by atoms with Crippen LogP contribution in [0.3, 0.4) is 0 Å². The molecule has 0 bridgehead atoms. The Bertz CT molecular complexity index is 597. The number of benzene rings is 1. The average molecular weight is 321 g/mol. The Hall–Kier alpha value is -0.980. The van der Waals surface area contributed by atoms with Gasteiger partial charge < -0.3 is 14.6 Å². The lowest BCUT2D eigenvalue weighted by Gasteiger charge is -2.21. The van der Waals surface area contributed by atoms with Gasteiger partial charge in [-0.05, 0) is 31.5 Å². The highest BCUT2D eigenvalue weighted by Crippen LogP contribution is 2.38. The number of hydrogen-bond acceptors (Lipinski definition) is 5. The fourth-order valence-corrected chi connectivity index (χ4v) is 3.69. The molecule has 0 amide bonds. The minimum absolute atomic E-state index is 0.199. The molecule has 0 fully saturated rings. The number of ether oxygens (including phenoxy) is 2. The minimum atomic E-state index is -3.46. The number of aliphatic hydroxyl groups excluding tert-OH is 1. The normalized spacial score (nSPS) is 17.6. The predicted molar refractivity (Wildman–Crippen MR) is 76.2 cm³/mol. The molecular formula is C13H17ClO5S. The third-order valence-electron chi connectivity index (χ3n) is 3.27. The lowest BCUT2D eigenvalue weighted by atomic mass is 10.2. The monoisotopic (exact) mass is 320 g/mol. The van der Waals surface area contributed by atoms with Crippen LogP contribution in [0.1, 0.15) is 19.4 Å². The van der Waals surface area contributed by atoms with Crippen LogP contribution >= 0.6 is 11.6 Å². The summed E-state index contributed by atoms with van der Waals surface area (Å²) >= 11 is 6.07. The van der Waals surface area contributed by atoms with Crippen LogP contribution in [-0.2, 0) is 15.6 Å². The van der Waals surface area contributed by atoms with E-state index >= 15 is 0 Å². The average Bonchev–Trinajstić information content (AvgIpc) is 2.37. The standard InChI is InChI=1S/C13H17ClO5S/c1-8(15)9(2)20(16,17)7-10-5-11(14)13-12(6-10)18-3-4-19-13/h5-6,8-9,15H,3-4,7H2,1-2H3. The molecule has 5 nitrogen and oxygen atoms in total. The molecule has 0 spiro atoms. The fraction of sp³-hybridized carbons (Fsp3) is 0.538. The van der Waals surface area contributed by atoms with E-state index in [4.69, 9.17) is 21.1 Å². The molecule has 1 aliphatic rings. The molecular weight excluding hydrogens is 304 g/mol. The van der Waals surface area contributed by atoms with Gasteiger partial charge >= 0.3 is 0 Å². The molecule has 1 N–H and O–H groups in total. The molecule has 0 aromatic heterocycles. The number of halogens is 1. The molecule has 1 aromatic carbocycles. The molecule has 0 saturated carbocycles. The van der Waals surface area contributed by atoms with Gasteiger partial charge in [-0.1, -0.05) is 11.6 Å². The van der Waals surface area contributed by atoms with Gasteiger partial charge in [-0.25, -0.2) is 8.42 Å². The zero-order valence-electron chi connectivity index (χ0n) is 11.3. The van der Waals surface area contributed by atoms with E-state index in [0.29, 0.717) is 35.3 Å². The second-order valence-electron chi connectivity index (χ2n) is 4.85. The Kier molecular flexibility index (Phi) is 4.46. The summed E-state index contributed by atoms with van der Waals surface area (Å²) in [4.78, 5) is 0. The van der Waals surface area contributed by atoms with Gasteiger partial charge in [-0.3, -0.25) is 0 Å². The van der Waals surface area contributed by atoms with Crippen LogP contribution in [0.15, 0.2) is 12.1 Å². The van der Waals surface area contributed by atoms with Crippen molar-refractivity contribution < 1.29 is 23.0 Å². The van der Waals surface area contributed by atoms with Gasteiger partial charge in [0.2, 0.25) is 0 Å². The summed E-state index contributed by atoms with van der Waals surface area (Å²) in [6.45, 7) is 3.77. The largest absolute Gasteiger partial charge is 0.486 e. The number of fused-ring (bicyclic) bond motifs is 1. The summed E-state index contributed by atoms with van der Waals surface area (Å²) in [5.41, 5.74) is 0.520. The van der Waals surface area contributed by atoms with Crippen LogP contribution in [0.5, 0.6) is 11.5 Å². The Balaban J connectivity index is 2.29. The van der Waals surface area contributed by atoms with Crippen LogP contribution in [-0.4, -0.2) is 38.1 Å². The highest BCUT2D eigenvalue weighted by Gasteiger charge is 2.27. The minimum Gasteiger partial charge on any atom is -0.486 e. The smallest absolute Gasteiger partial charge is 0.179 e. The van der Waals surface area contributed by atoms with Gasteiger partial charge in [-0.2, -0.15) is 0 Å². The number of sulfone groups is 1. The van der Waals surface area contributed by atoms with Crippen LogP contribution in [0, 0.1) is 0 Å². The maximum atomic E-state index is 12.1. The Morgan fingerprint density at radius 2 is 1.95 bits per heavy atom. The Labute approximate surface area is 123 Å². The van der Waals surface area contributed by atoms with Crippen molar-refractivity contribution in [3.8, 4) is 11.5 Å². The first-order chi connectivity index (χ1) is 9.31. The molecule has 2 atom stereocenters. The van der Waals surface area contributed by atoms with E-state index in [9.17, 15) is 13.5 Å². The predicted octanol–water partition coefficient (Wildman–Crippen LogP) is 1.80. The van der Waals surface area contributed by atoms with Gasteiger partial charge in [0.15, 0.2) is 21.3 Å². The van der Waals surface area contributed by atoms with Crippen molar-refractivity contribution >= 4 is 21.4 Å². The first-order valence-electron chi connectivity index (χ1n) is 6.29. The second kappa shape index (κ2) is 5.79. The third-order valence-corrected chi connectivity index (χ3v) is 5.81. The number of rotatable bonds is 4. The van der Waals surface area contributed by atoms with Crippen molar-refractivity contribution in [2.24, 2.45) is 0 Å². The molecule has 2 unspecified atom stereocenters. The molecule has 7 heteroatoms. The van der Waals surface area contributed by atoms with E-state index in [1.165, 1.54) is 13.8 Å². The molecule has 2 rings (SSSR count). The van der Waals surface area contributed by atoms with E-state index in [0.717, 1.165) is 0 Å². The van der Waals surface area contributed by atoms with Gasteiger partial charge in [0.25, 0.3) is 0 Å². The van der Waals surface area contributed by atoms with Gasteiger partial charge in [0.05, 0.1) is 22.1 Å². The third kappa shape index (κ3) is 3.19. The molecule has 20 heavy (non-hydrogen) atoms. The van der Waals surface area contributed by atoms with Crippen LogP contribution in [0.25, 0.3) is 0 Å². The molecule has 1 aromatic rings. The summed E-state index contributed by atoms with van der Waals surface area (Å²) in [5, 5.41) is 8.92. The van der Waals surface area contributed by atoms with Crippen LogP contribution in [0.4, 0.5) is 0 Å². The maximum Gasteiger partial charge on any atom is 0.179 e. The summed E-state index contributed by atoms with van der Waals surface area (Å²) in [5.74, 6) is 0.705. The SMILES string of the molecule is CC(O)C(C)S(=O)(=O)Cc1cc(Cl)c2c(c1)OCCO2. The molecule has 0 radical (unpaired) electrons. The van der Waals surface area contributed by atoms with Crippen LogP contribution < -0.4 is 9.47 Å². The van der Waals surface area contributed by atoms with E-state index in [1.807, 2.05) is 0 Å². The van der Waals surface area contributed by atoms with E-state index in [1.54, 1.807) is 12.1 Å². The number of hydrogen-bond donors (Lipinski definition) is 1. The topological polar surface area (TPSA) is 72.8 Å². The van der Waals surface area contributed by atoms with Crippen molar-refractivity contribution in [1.29, 1.82) is 0 Å². The molecule has 0 saturated heterocycles. The Morgan fingerprint density at radius 1 is 1.30 bits per heavy atom. The van der Waals surface area contributed by atoms with Crippen molar-refractivity contribution in [2.45, 2.75) is 31.0 Å².